The summed E-state index contributed by atoms with van der Waals surface area (Å²) in [5, 5.41) is 7.50. The lowest BCUT2D eigenvalue weighted by Gasteiger charge is -2.27. The molecule has 1 N–H and O–H groups in total. The summed E-state index contributed by atoms with van der Waals surface area (Å²) in [6, 6.07) is 4.01. The highest BCUT2D eigenvalue weighted by molar-refractivity contribution is 5.94. The van der Waals surface area contributed by atoms with Gasteiger partial charge >= 0.3 is 5.97 Å². The van der Waals surface area contributed by atoms with Gasteiger partial charge in [-0.3, -0.25) is 24.2 Å². The van der Waals surface area contributed by atoms with Crippen LogP contribution in [0.4, 0.5) is 0 Å². The highest BCUT2D eigenvalue weighted by Gasteiger charge is 2.31. The lowest BCUT2D eigenvalue weighted by molar-refractivity contribution is -0.140. The number of carbonyl (C=O) groups excluding carboxylic acids is 2. The summed E-state index contributed by atoms with van der Waals surface area (Å²) in [5.41, 5.74) is 3.83. The molecule has 1 aliphatic carbocycles. The molecule has 2 aromatic rings. The van der Waals surface area contributed by atoms with E-state index >= 15 is 0 Å². The van der Waals surface area contributed by atoms with Crippen molar-refractivity contribution in [3.8, 4) is 0 Å². The number of nitrogens with zero attached hydrogens (tertiary/aromatic N) is 4. The lowest BCUT2D eigenvalue weighted by atomic mass is 10.0. The molecule has 0 atom stereocenters. The standard InChI is InChI=1S/C21H27N5O3/c1-29-19(27)6-9-23-21(28)20-17-14-25(12-16-3-2-8-22-11-16)10-7-18(17)26(24-20)13-15-4-5-15/h2-3,8,11,15H,4-7,9-10,12-14H2,1H3,(H,23,28). The van der Waals surface area contributed by atoms with Crippen LogP contribution in [0.5, 0.6) is 0 Å². The second-order valence-corrected chi connectivity index (χ2v) is 7.80. The highest BCUT2D eigenvalue weighted by atomic mass is 16.5. The van der Waals surface area contributed by atoms with Gasteiger partial charge in [0.2, 0.25) is 0 Å². The Morgan fingerprint density at radius 3 is 2.93 bits per heavy atom. The zero-order valence-corrected chi connectivity index (χ0v) is 16.8. The Kier molecular flexibility index (Phi) is 5.89. The summed E-state index contributed by atoms with van der Waals surface area (Å²) in [5.74, 6) is 0.125. The third-order valence-corrected chi connectivity index (χ3v) is 5.53. The number of esters is 1. The number of carbonyl (C=O) groups is 2. The van der Waals surface area contributed by atoms with Crippen molar-refractivity contribution >= 4 is 11.9 Å². The van der Waals surface area contributed by atoms with Crippen molar-refractivity contribution in [2.45, 2.75) is 45.3 Å². The summed E-state index contributed by atoms with van der Waals surface area (Å²) < 4.78 is 6.68. The molecule has 0 saturated heterocycles. The number of nitrogens with one attached hydrogen (secondary N) is 1. The van der Waals surface area contributed by atoms with Crippen molar-refractivity contribution in [3.05, 3.63) is 47.0 Å². The van der Waals surface area contributed by atoms with Gasteiger partial charge in [0.15, 0.2) is 5.69 Å². The van der Waals surface area contributed by atoms with E-state index in [-0.39, 0.29) is 24.8 Å². The first-order valence-corrected chi connectivity index (χ1v) is 10.2. The summed E-state index contributed by atoms with van der Waals surface area (Å²) in [6.07, 6.45) is 7.17. The lowest BCUT2D eigenvalue weighted by Crippen LogP contribution is -2.33. The molecule has 2 aromatic heterocycles. The van der Waals surface area contributed by atoms with Crippen LogP contribution in [0.1, 0.15) is 46.6 Å². The third kappa shape index (κ3) is 4.82. The zero-order valence-electron chi connectivity index (χ0n) is 16.8. The summed E-state index contributed by atoms with van der Waals surface area (Å²) >= 11 is 0. The van der Waals surface area contributed by atoms with Gasteiger partial charge in [0.05, 0.1) is 13.5 Å². The Bertz CT molecular complexity index is 876. The third-order valence-electron chi connectivity index (χ3n) is 5.53. The number of ether oxygens (including phenoxy) is 1. The van der Waals surface area contributed by atoms with E-state index in [4.69, 9.17) is 0 Å². The molecule has 0 unspecified atom stereocenters. The molecule has 1 aliphatic heterocycles. The van der Waals surface area contributed by atoms with E-state index in [0.29, 0.717) is 18.2 Å². The molecule has 0 bridgehead atoms. The maximum absolute atomic E-state index is 12.8. The van der Waals surface area contributed by atoms with Crippen LogP contribution in [0.15, 0.2) is 24.5 Å². The number of fused-ring (bicyclic) bond motifs is 1. The predicted molar refractivity (Wildman–Crippen MR) is 106 cm³/mol. The van der Waals surface area contributed by atoms with Gasteiger partial charge < -0.3 is 10.1 Å². The second kappa shape index (κ2) is 8.73. The maximum atomic E-state index is 12.8. The van der Waals surface area contributed by atoms with Gasteiger partial charge in [-0.15, -0.1) is 0 Å². The SMILES string of the molecule is COC(=O)CCNC(=O)c1nn(CC2CC2)c2c1CN(Cc1cccnc1)CC2. The molecule has 29 heavy (non-hydrogen) atoms. The van der Waals surface area contributed by atoms with Crippen molar-refractivity contribution in [2.75, 3.05) is 20.2 Å². The average molecular weight is 397 g/mol. The van der Waals surface area contributed by atoms with E-state index in [1.165, 1.54) is 25.6 Å². The minimum Gasteiger partial charge on any atom is -0.469 e. The minimum atomic E-state index is -0.339. The van der Waals surface area contributed by atoms with E-state index in [1.54, 1.807) is 6.20 Å². The van der Waals surface area contributed by atoms with Crippen LogP contribution < -0.4 is 5.32 Å². The van der Waals surface area contributed by atoms with Crippen LogP contribution in [0.3, 0.4) is 0 Å². The Morgan fingerprint density at radius 1 is 1.34 bits per heavy atom. The predicted octanol–water partition coefficient (Wildman–Crippen LogP) is 1.54. The van der Waals surface area contributed by atoms with Crippen molar-refractivity contribution < 1.29 is 14.3 Å². The Balaban J connectivity index is 1.50. The minimum absolute atomic E-state index is 0.153. The largest absolute Gasteiger partial charge is 0.469 e. The molecule has 8 nitrogen and oxygen atoms in total. The summed E-state index contributed by atoms with van der Waals surface area (Å²) in [6.45, 7) is 3.55. The first kappa shape index (κ1) is 19.6. The summed E-state index contributed by atoms with van der Waals surface area (Å²) in [7, 11) is 1.34. The van der Waals surface area contributed by atoms with Crippen molar-refractivity contribution in [3.63, 3.8) is 0 Å². The molecule has 1 fully saturated rings. The van der Waals surface area contributed by atoms with Crippen LogP contribution in [0, 0.1) is 5.92 Å². The van der Waals surface area contributed by atoms with Crippen LogP contribution in [0.25, 0.3) is 0 Å². The van der Waals surface area contributed by atoms with Gasteiger partial charge in [-0.1, -0.05) is 6.07 Å². The molecule has 1 saturated carbocycles. The topological polar surface area (TPSA) is 89.3 Å². The zero-order chi connectivity index (χ0) is 20.2. The number of aromatic nitrogens is 3. The van der Waals surface area contributed by atoms with Crippen LogP contribution in [-0.2, 0) is 35.6 Å². The molecule has 0 spiro atoms. The fourth-order valence-electron chi connectivity index (χ4n) is 3.77. The van der Waals surface area contributed by atoms with E-state index in [9.17, 15) is 9.59 Å². The number of methoxy groups -OCH3 is 1. The molecule has 8 heteroatoms. The first-order valence-electron chi connectivity index (χ1n) is 10.2. The van der Waals surface area contributed by atoms with Crippen LogP contribution >= 0.6 is 0 Å². The molecule has 154 valence electrons. The Hall–Kier alpha value is -2.74. The highest BCUT2D eigenvalue weighted by Crippen LogP contribution is 2.32. The van der Waals surface area contributed by atoms with E-state index in [2.05, 4.69) is 31.1 Å². The molecular formula is C21H27N5O3. The van der Waals surface area contributed by atoms with Gasteiger partial charge in [0.25, 0.3) is 5.91 Å². The van der Waals surface area contributed by atoms with Gasteiger partial charge in [0, 0.05) is 62.8 Å². The van der Waals surface area contributed by atoms with Gasteiger partial charge in [-0.2, -0.15) is 5.10 Å². The normalized spacial score (nSPS) is 16.3. The van der Waals surface area contributed by atoms with Gasteiger partial charge in [-0.25, -0.2) is 0 Å². The van der Waals surface area contributed by atoms with Crippen molar-refractivity contribution in [2.24, 2.45) is 5.92 Å². The molecule has 0 aromatic carbocycles. The second-order valence-electron chi connectivity index (χ2n) is 7.80. The number of pyridine rings is 1. The number of amides is 1. The van der Waals surface area contributed by atoms with Gasteiger partial charge in [0.1, 0.15) is 0 Å². The van der Waals surface area contributed by atoms with Crippen molar-refractivity contribution in [1.82, 2.24) is 25.0 Å². The molecule has 1 amide bonds. The van der Waals surface area contributed by atoms with Crippen molar-refractivity contribution in [1.29, 1.82) is 0 Å². The fraction of sp³-hybridized carbons (Fsp3) is 0.524. The fourth-order valence-corrected chi connectivity index (χ4v) is 3.77. The maximum Gasteiger partial charge on any atom is 0.307 e. The molecule has 2 aliphatic rings. The van der Waals surface area contributed by atoms with Gasteiger partial charge in [-0.05, 0) is 30.4 Å². The smallest absolute Gasteiger partial charge is 0.307 e. The molecule has 0 radical (unpaired) electrons. The van der Waals surface area contributed by atoms with Crippen LogP contribution in [-0.4, -0.2) is 51.7 Å². The summed E-state index contributed by atoms with van der Waals surface area (Å²) in [4.78, 5) is 30.6. The van der Waals surface area contributed by atoms with E-state index < -0.39 is 0 Å². The molecule has 3 heterocycles. The quantitative estimate of drug-likeness (QED) is 0.680. The van der Waals surface area contributed by atoms with E-state index in [1.807, 2.05) is 16.9 Å². The first-order chi connectivity index (χ1) is 14.1. The number of hydrogen-bond acceptors (Lipinski definition) is 6. The number of rotatable bonds is 8. The van der Waals surface area contributed by atoms with Crippen LogP contribution in [0.2, 0.25) is 0 Å². The average Bonchev–Trinajstić information content (AvgIpc) is 3.48. The molecular weight excluding hydrogens is 370 g/mol. The Labute approximate surface area is 170 Å². The Morgan fingerprint density at radius 2 is 2.21 bits per heavy atom. The molecule has 4 rings (SSSR count). The van der Waals surface area contributed by atoms with E-state index in [0.717, 1.165) is 37.2 Å². The number of hydrogen-bond donors (Lipinski definition) is 1. The monoisotopic (exact) mass is 397 g/mol.